The Morgan fingerprint density at radius 3 is 2.68 bits per heavy atom. The molecule has 2 rings (SSSR count). The third-order valence-electron chi connectivity index (χ3n) is 2.69. The van der Waals surface area contributed by atoms with Crippen molar-refractivity contribution in [2.45, 2.75) is 19.9 Å². The fourth-order valence-electron chi connectivity index (χ4n) is 1.84. The first-order chi connectivity index (χ1) is 8.95. The minimum Gasteiger partial charge on any atom is -0.475 e. The van der Waals surface area contributed by atoms with E-state index in [-0.39, 0.29) is 17.6 Å². The van der Waals surface area contributed by atoms with Crippen molar-refractivity contribution in [1.82, 2.24) is 0 Å². The van der Waals surface area contributed by atoms with Gasteiger partial charge in [0.1, 0.15) is 11.6 Å². The fraction of sp³-hybridized carbons (Fsp3) is 0.214. The number of carboxylic acid groups (broad SMARTS) is 1. The Bertz CT molecular complexity index is 586. The normalized spacial score (nSPS) is 12.2. The van der Waals surface area contributed by atoms with Crippen LogP contribution < -0.4 is 5.32 Å². The Hall–Kier alpha value is -2.30. The van der Waals surface area contributed by atoms with Gasteiger partial charge in [-0.25, -0.2) is 9.18 Å². The lowest BCUT2D eigenvalue weighted by molar-refractivity contribution is 0.0660. The summed E-state index contributed by atoms with van der Waals surface area (Å²) in [6.07, 6.45) is 0. The molecule has 1 atom stereocenters. The van der Waals surface area contributed by atoms with Gasteiger partial charge >= 0.3 is 5.97 Å². The van der Waals surface area contributed by atoms with E-state index < -0.39 is 5.97 Å². The van der Waals surface area contributed by atoms with E-state index in [1.807, 2.05) is 6.92 Å². The Labute approximate surface area is 109 Å². The third kappa shape index (κ3) is 3.13. The van der Waals surface area contributed by atoms with Crippen LogP contribution in [0.3, 0.4) is 0 Å². The number of hydrogen-bond acceptors (Lipinski definition) is 3. The highest BCUT2D eigenvalue weighted by Gasteiger charge is 2.14. The molecular formula is C14H14FNO3. The SMILES string of the molecule is Cc1cc(F)cc(NC(C)c2ccc(C(=O)O)o2)c1. The molecule has 1 heterocycles. The number of benzene rings is 1. The van der Waals surface area contributed by atoms with E-state index in [1.165, 1.54) is 18.2 Å². The lowest BCUT2D eigenvalue weighted by Gasteiger charge is -2.13. The van der Waals surface area contributed by atoms with Gasteiger partial charge in [0.25, 0.3) is 0 Å². The van der Waals surface area contributed by atoms with Crippen LogP contribution in [0.25, 0.3) is 0 Å². The average Bonchev–Trinajstić information content (AvgIpc) is 2.76. The smallest absolute Gasteiger partial charge is 0.371 e. The van der Waals surface area contributed by atoms with Crippen molar-refractivity contribution in [2.75, 3.05) is 5.32 Å². The maximum Gasteiger partial charge on any atom is 0.371 e. The van der Waals surface area contributed by atoms with Crippen LogP contribution in [0.2, 0.25) is 0 Å². The molecule has 0 bridgehead atoms. The third-order valence-corrected chi connectivity index (χ3v) is 2.69. The van der Waals surface area contributed by atoms with Crippen LogP contribution in [0.4, 0.5) is 10.1 Å². The number of anilines is 1. The summed E-state index contributed by atoms with van der Waals surface area (Å²) in [6.45, 7) is 3.61. The maximum atomic E-state index is 13.2. The van der Waals surface area contributed by atoms with Gasteiger partial charge in [-0.05, 0) is 49.7 Å². The standard InChI is InChI=1S/C14H14FNO3/c1-8-5-10(15)7-11(6-8)16-9(2)12-3-4-13(19-12)14(17)18/h3-7,9,16H,1-2H3,(H,17,18). The Balaban J connectivity index is 2.15. The molecule has 100 valence electrons. The van der Waals surface area contributed by atoms with Gasteiger partial charge in [0.15, 0.2) is 0 Å². The van der Waals surface area contributed by atoms with E-state index in [9.17, 15) is 9.18 Å². The topological polar surface area (TPSA) is 62.5 Å². The second-order valence-electron chi connectivity index (χ2n) is 4.39. The van der Waals surface area contributed by atoms with E-state index >= 15 is 0 Å². The number of halogens is 1. The summed E-state index contributed by atoms with van der Waals surface area (Å²) in [7, 11) is 0. The molecule has 0 radical (unpaired) electrons. The molecule has 0 spiro atoms. The van der Waals surface area contributed by atoms with Gasteiger partial charge in [0.2, 0.25) is 5.76 Å². The van der Waals surface area contributed by atoms with E-state index in [1.54, 1.807) is 19.1 Å². The van der Waals surface area contributed by atoms with Crippen molar-refractivity contribution in [3.05, 3.63) is 53.2 Å². The molecule has 0 aliphatic rings. The number of carboxylic acids is 1. The Morgan fingerprint density at radius 2 is 2.11 bits per heavy atom. The van der Waals surface area contributed by atoms with Crippen LogP contribution in [0.1, 0.15) is 34.8 Å². The predicted octanol–water partition coefficient (Wildman–Crippen LogP) is 3.60. The van der Waals surface area contributed by atoms with Crippen LogP contribution in [0, 0.1) is 12.7 Å². The first-order valence-electron chi connectivity index (χ1n) is 5.82. The summed E-state index contributed by atoms with van der Waals surface area (Å²) in [6, 6.07) is 7.35. The molecular weight excluding hydrogens is 249 g/mol. The maximum absolute atomic E-state index is 13.2. The molecule has 0 fully saturated rings. The lowest BCUT2D eigenvalue weighted by atomic mass is 10.2. The van der Waals surface area contributed by atoms with Gasteiger partial charge in [-0.1, -0.05) is 0 Å². The molecule has 1 aromatic heterocycles. The minimum atomic E-state index is -1.11. The molecule has 1 aromatic carbocycles. The molecule has 19 heavy (non-hydrogen) atoms. The molecule has 0 amide bonds. The molecule has 4 nitrogen and oxygen atoms in total. The Morgan fingerprint density at radius 1 is 1.37 bits per heavy atom. The largest absolute Gasteiger partial charge is 0.475 e. The highest BCUT2D eigenvalue weighted by Crippen LogP contribution is 2.22. The monoisotopic (exact) mass is 263 g/mol. The molecule has 0 saturated heterocycles. The summed E-state index contributed by atoms with van der Waals surface area (Å²) >= 11 is 0. The zero-order valence-electron chi connectivity index (χ0n) is 10.6. The zero-order valence-corrected chi connectivity index (χ0v) is 10.6. The van der Waals surface area contributed by atoms with Crippen molar-refractivity contribution in [3.8, 4) is 0 Å². The highest BCUT2D eigenvalue weighted by molar-refractivity contribution is 5.84. The summed E-state index contributed by atoms with van der Waals surface area (Å²) in [5.41, 5.74) is 1.43. The molecule has 0 aliphatic carbocycles. The van der Waals surface area contributed by atoms with Gasteiger partial charge in [-0.3, -0.25) is 0 Å². The number of carbonyl (C=O) groups is 1. The zero-order chi connectivity index (χ0) is 14.0. The summed E-state index contributed by atoms with van der Waals surface area (Å²) in [5.74, 6) is -1.06. The number of rotatable bonds is 4. The van der Waals surface area contributed by atoms with Crippen LogP contribution in [0.15, 0.2) is 34.7 Å². The average molecular weight is 263 g/mol. The minimum absolute atomic E-state index is 0.112. The van der Waals surface area contributed by atoms with Crippen molar-refractivity contribution in [1.29, 1.82) is 0 Å². The van der Waals surface area contributed by atoms with Gasteiger partial charge in [0.05, 0.1) is 6.04 Å². The van der Waals surface area contributed by atoms with Crippen LogP contribution in [0.5, 0.6) is 0 Å². The number of aryl methyl sites for hydroxylation is 1. The van der Waals surface area contributed by atoms with E-state index in [2.05, 4.69) is 5.32 Å². The fourth-order valence-corrected chi connectivity index (χ4v) is 1.84. The second kappa shape index (κ2) is 5.14. The first kappa shape index (κ1) is 13.1. The van der Waals surface area contributed by atoms with E-state index in [4.69, 9.17) is 9.52 Å². The number of nitrogens with one attached hydrogen (secondary N) is 1. The molecule has 1 unspecified atom stereocenters. The quantitative estimate of drug-likeness (QED) is 0.884. The second-order valence-corrected chi connectivity index (χ2v) is 4.39. The molecule has 2 N–H and O–H groups in total. The van der Waals surface area contributed by atoms with Gasteiger partial charge in [-0.2, -0.15) is 0 Å². The number of aromatic carboxylic acids is 1. The van der Waals surface area contributed by atoms with Crippen LogP contribution in [-0.2, 0) is 0 Å². The van der Waals surface area contributed by atoms with Gasteiger partial charge in [-0.15, -0.1) is 0 Å². The van der Waals surface area contributed by atoms with Crippen molar-refractivity contribution < 1.29 is 18.7 Å². The first-order valence-corrected chi connectivity index (χ1v) is 5.82. The summed E-state index contributed by atoms with van der Waals surface area (Å²) in [5, 5.41) is 11.8. The predicted molar refractivity (Wildman–Crippen MR) is 68.8 cm³/mol. The summed E-state index contributed by atoms with van der Waals surface area (Å²) < 4.78 is 18.4. The number of furan rings is 1. The number of hydrogen-bond donors (Lipinski definition) is 2. The molecule has 0 saturated carbocycles. The van der Waals surface area contributed by atoms with E-state index in [0.717, 1.165) is 5.56 Å². The van der Waals surface area contributed by atoms with Crippen molar-refractivity contribution >= 4 is 11.7 Å². The van der Waals surface area contributed by atoms with Crippen LogP contribution >= 0.6 is 0 Å². The molecule has 2 aromatic rings. The Kier molecular flexibility index (Phi) is 3.55. The molecule has 0 aliphatic heterocycles. The van der Waals surface area contributed by atoms with Gasteiger partial charge < -0.3 is 14.8 Å². The van der Waals surface area contributed by atoms with Gasteiger partial charge in [0, 0.05) is 5.69 Å². The van der Waals surface area contributed by atoms with Crippen LogP contribution in [-0.4, -0.2) is 11.1 Å². The molecule has 5 heteroatoms. The lowest BCUT2D eigenvalue weighted by Crippen LogP contribution is -2.06. The highest BCUT2D eigenvalue weighted by atomic mass is 19.1. The van der Waals surface area contributed by atoms with Crippen molar-refractivity contribution in [2.24, 2.45) is 0 Å². The summed E-state index contributed by atoms with van der Waals surface area (Å²) in [4.78, 5) is 10.7. The van der Waals surface area contributed by atoms with Crippen molar-refractivity contribution in [3.63, 3.8) is 0 Å². The van der Waals surface area contributed by atoms with E-state index in [0.29, 0.717) is 11.4 Å².